The number of carbonyl (C=O) groups excluding carboxylic acids is 1. The summed E-state index contributed by atoms with van der Waals surface area (Å²) in [5.41, 5.74) is 5.26. The molecule has 6 heteroatoms. The summed E-state index contributed by atoms with van der Waals surface area (Å²) >= 11 is 0. The number of hydrogen-bond donors (Lipinski definition) is 1. The van der Waals surface area contributed by atoms with E-state index >= 15 is 0 Å². The average Bonchev–Trinajstić information content (AvgIpc) is 2.29. The number of carbonyl (C=O) groups is 1. The van der Waals surface area contributed by atoms with Crippen LogP contribution in [-0.2, 0) is 4.79 Å². The van der Waals surface area contributed by atoms with E-state index in [2.05, 4.69) is 0 Å². The van der Waals surface area contributed by atoms with Gasteiger partial charge < -0.3 is 10.6 Å². The fourth-order valence-electron chi connectivity index (χ4n) is 1.38. The molecule has 1 aliphatic heterocycles. The Balaban J connectivity index is 2.49. The monoisotopic (exact) mass is 196 g/mol. The molecule has 0 spiro atoms. The minimum atomic E-state index is -4.31. The van der Waals surface area contributed by atoms with Gasteiger partial charge in [-0.2, -0.15) is 13.2 Å². The van der Waals surface area contributed by atoms with E-state index in [0.717, 1.165) is 4.90 Å². The smallest absolute Gasteiger partial charge is 0.333 e. The van der Waals surface area contributed by atoms with Crippen molar-refractivity contribution in [3.05, 3.63) is 0 Å². The van der Waals surface area contributed by atoms with Crippen LogP contribution in [0.3, 0.4) is 0 Å². The highest BCUT2D eigenvalue weighted by molar-refractivity contribution is 5.78. The summed E-state index contributed by atoms with van der Waals surface area (Å²) in [5.74, 6) is -0.567. The molecule has 1 atom stereocenters. The first kappa shape index (κ1) is 10.3. The van der Waals surface area contributed by atoms with Gasteiger partial charge in [0.15, 0.2) is 0 Å². The van der Waals surface area contributed by atoms with Crippen LogP contribution >= 0.6 is 0 Å². The maximum absolute atomic E-state index is 11.9. The van der Waals surface area contributed by atoms with Crippen molar-refractivity contribution in [2.45, 2.75) is 12.6 Å². The molecule has 1 rings (SSSR count). The van der Waals surface area contributed by atoms with Gasteiger partial charge in [-0.1, -0.05) is 0 Å². The molecule has 2 N–H and O–H groups in total. The van der Waals surface area contributed by atoms with Crippen molar-refractivity contribution in [2.75, 3.05) is 19.6 Å². The van der Waals surface area contributed by atoms with Crippen LogP contribution in [0.4, 0.5) is 13.2 Å². The lowest BCUT2D eigenvalue weighted by Crippen LogP contribution is -2.35. The van der Waals surface area contributed by atoms with Crippen LogP contribution in [0.25, 0.3) is 0 Å². The van der Waals surface area contributed by atoms with E-state index in [1.807, 2.05) is 0 Å². The first-order chi connectivity index (χ1) is 5.92. The van der Waals surface area contributed by atoms with Gasteiger partial charge in [0.25, 0.3) is 0 Å². The van der Waals surface area contributed by atoms with E-state index in [4.69, 9.17) is 5.73 Å². The van der Waals surface area contributed by atoms with E-state index in [0.29, 0.717) is 0 Å². The summed E-state index contributed by atoms with van der Waals surface area (Å²) in [6, 6.07) is 0. The summed E-state index contributed by atoms with van der Waals surface area (Å²) in [6.45, 7) is -0.753. The van der Waals surface area contributed by atoms with Gasteiger partial charge in [-0.15, -0.1) is 0 Å². The molecule has 0 saturated carbocycles. The number of likely N-dealkylation sites (tertiary alicyclic amines) is 1. The highest BCUT2D eigenvalue weighted by Crippen LogP contribution is 2.22. The predicted octanol–water partition coefficient (Wildman–Crippen LogP) is 0.356. The molecule has 0 radical (unpaired) electrons. The molecule has 1 heterocycles. The molecular weight excluding hydrogens is 185 g/mol. The van der Waals surface area contributed by atoms with Crippen LogP contribution < -0.4 is 5.73 Å². The normalized spacial score (nSPS) is 24.2. The van der Waals surface area contributed by atoms with Crippen molar-refractivity contribution in [3.63, 3.8) is 0 Å². The largest absolute Gasteiger partial charge is 0.406 e. The Morgan fingerprint density at radius 2 is 2.15 bits per heavy atom. The molecule has 0 aromatic rings. The lowest BCUT2D eigenvalue weighted by molar-refractivity contribution is -0.157. The van der Waals surface area contributed by atoms with Gasteiger partial charge in [0.2, 0.25) is 5.91 Å². The lowest BCUT2D eigenvalue weighted by atomic mass is 10.1. The maximum Gasteiger partial charge on any atom is 0.406 e. The topological polar surface area (TPSA) is 46.3 Å². The minimum absolute atomic E-state index is 0.116. The Morgan fingerprint density at radius 3 is 2.54 bits per heavy atom. The van der Waals surface area contributed by atoms with Crippen LogP contribution in [0.5, 0.6) is 0 Å². The molecule has 0 aliphatic carbocycles. The van der Waals surface area contributed by atoms with Gasteiger partial charge in [-0.25, -0.2) is 0 Å². The summed E-state index contributed by atoms with van der Waals surface area (Å²) in [5, 5.41) is 0. The van der Waals surface area contributed by atoms with Crippen molar-refractivity contribution in [1.29, 1.82) is 0 Å². The summed E-state index contributed by atoms with van der Waals surface area (Å²) in [7, 11) is 0. The number of rotatable bonds is 2. The lowest BCUT2D eigenvalue weighted by Gasteiger charge is -2.17. The Bertz CT molecular complexity index is 204. The first-order valence-electron chi connectivity index (χ1n) is 3.97. The number of halogens is 3. The van der Waals surface area contributed by atoms with Gasteiger partial charge >= 0.3 is 6.18 Å². The van der Waals surface area contributed by atoms with Gasteiger partial charge in [0, 0.05) is 13.0 Å². The quantitative estimate of drug-likeness (QED) is 0.693. The first-order valence-corrected chi connectivity index (χ1v) is 3.97. The fourth-order valence-corrected chi connectivity index (χ4v) is 1.38. The second-order valence-corrected chi connectivity index (χ2v) is 3.20. The van der Waals surface area contributed by atoms with Crippen molar-refractivity contribution in [3.8, 4) is 0 Å². The number of nitrogens with zero attached hydrogens (tertiary/aromatic N) is 1. The molecule has 76 valence electrons. The van der Waals surface area contributed by atoms with Crippen molar-refractivity contribution in [2.24, 2.45) is 11.7 Å². The number of alkyl halides is 3. The Morgan fingerprint density at radius 1 is 1.54 bits per heavy atom. The third-order valence-corrected chi connectivity index (χ3v) is 2.00. The van der Waals surface area contributed by atoms with E-state index < -0.39 is 18.6 Å². The molecule has 1 aliphatic rings. The summed E-state index contributed by atoms with van der Waals surface area (Å²) < 4.78 is 35.7. The second kappa shape index (κ2) is 3.53. The van der Waals surface area contributed by atoms with Crippen LogP contribution in [0.2, 0.25) is 0 Å². The van der Waals surface area contributed by atoms with E-state index in [1.54, 1.807) is 0 Å². The third kappa shape index (κ3) is 2.87. The third-order valence-electron chi connectivity index (χ3n) is 2.00. The van der Waals surface area contributed by atoms with Gasteiger partial charge in [-0.3, -0.25) is 4.79 Å². The zero-order valence-corrected chi connectivity index (χ0v) is 6.97. The van der Waals surface area contributed by atoms with Crippen LogP contribution in [0.15, 0.2) is 0 Å². The molecular formula is C7H11F3N2O. The molecule has 0 aromatic carbocycles. The highest BCUT2D eigenvalue weighted by Gasteiger charge is 2.37. The molecule has 1 amide bonds. The zero-order valence-electron chi connectivity index (χ0n) is 6.97. The van der Waals surface area contributed by atoms with Gasteiger partial charge in [-0.05, 0) is 12.5 Å². The van der Waals surface area contributed by atoms with Crippen LogP contribution in [-0.4, -0.2) is 36.6 Å². The molecule has 1 fully saturated rings. The summed E-state index contributed by atoms with van der Waals surface area (Å²) in [6.07, 6.45) is -4.16. The van der Waals surface area contributed by atoms with Gasteiger partial charge in [0.05, 0.1) is 0 Å². The molecule has 0 bridgehead atoms. The minimum Gasteiger partial charge on any atom is -0.333 e. The standard InChI is InChI=1S/C7H11F3N2O/c8-7(9,10)4-12-3-5(2-11)1-6(12)13/h5H,1-4,11H2/t5-/m1/s1. The Hall–Kier alpha value is -0.780. The highest BCUT2D eigenvalue weighted by atomic mass is 19.4. The van der Waals surface area contributed by atoms with Crippen molar-refractivity contribution < 1.29 is 18.0 Å². The van der Waals surface area contributed by atoms with Crippen molar-refractivity contribution in [1.82, 2.24) is 4.90 Å². The fraction of sp³-hybridized carbons (Fsp3) is 0.857. The predicted molar refractivity (Wildman–Crippen MR) is 39.8 cm³/mol. The molecule has 0 unspecified atom stereocenters. The average molecular weight is 196 g/mol. The van der Waals surface area contributed by atoms with Crippen LogP contribution in [0, 0.1) is 5.92 Å². The molecule has 13 heavy (non-hydrogen) atoms. The van der Waals surface area contributed by atoms with Gasteiger partial charge in [0.1, 0.15) is 6.54 Å². The zero-order chi connectivity index (χ0) is 10.1. The Kier molecular flexibility index (Phi) is 2.80. The van der Waals surface area contributed by atoms with Crippen molar-refractivity contribution >= 4 is 5.91 Å². The maximum atomic E-state index is 11.9. The Labute approximate surface area is 73.7 Å². The van der Waals surface area contributed by atoms with Crippen LogP contribution in [0.1, 0.15) is 6.42 Å². The molecule has 3 nitrogen and oxygen atoms in total. The SMILES string of the molecule is NC[C@H]1CC(=O)N(CC(F)(F)F)C1. The number of hydrogen-bond acceptors (Lipinski definition) is 2. The van der Waals surface area contributed by atoms with E-state index in [1.165, 1.54) is 0 Å². The second-order valence-electron chi connectivity index (χ2n) is 3.20. The van der Waals surface area contributed by atoms with E-state index in [-0.39, 0.29) is 25.4 Å². The van der Waals surface area contributed by atoms with E-state index in [9.17, 15) is 18.0 Å². The number of amides is 1. The number of nitrogens with two attached hydrogens (primary N) is 1. The molecule has 0 aromatic heterocycles. The summed E-state index contributed by atoms with van der Waals surface area (Å²) in [4.78, 5) is 11.8. The molecule has 1 saturated heterocycles.